The third-order valence-electron chi connectivity index (χ3n) is 4.97. The standard InChI is InChI=1S/C20H18ClN5O7S/c1-12-16(20(21)25(24-12)15-6-7-34(31,32)11-15)3-5-19(28)33-10-18(27)23-17-4-2-14(26(29)30)8-13(17)9-22/h2-5,8,15H,6-7,10-11H2,1H3,(H,23,27)/b5-3+/t15-/m0/s1. The number of amides is 1. The number of nitrogens with one attached hydrogen (secondary N) is 1. The molecule has 1 aliphatic rings. The molecule has 1 fully saturated rings. The number of rotatable bonds is 7. The van der Waals surface area contributed by atoms with E-state index in [9.17, 15) is 28.1 Å². The lowest BCUT2D eigenvalue weighted by Crippen LogP contribution is -2.20. The van der Waals surface area contributed by atoms with E-state index in [0.29, 0.717) is 17.7 Å². The number of nitro benzene ring substituents is 1. The number of hydrogen-bond acceptors (Lipinski definition) is 9. The molecule has 2 aromatic rings. The van der Waals surface area contributed by atoms with E-state index in [2.05, 4.69) is 10.4 Å². The highest BCUT2D eigenvalue weighted by atomic mass is 35.5. The fourth-order valence-electron chi connectivity index (χ4n) is 3.30. The molecule has 1 N–H and O–H groups in total. The summed E-state index contributed by atoms with van der Waals surface area (Å²) in [4.78, 5) is 34.2. The quantitative estimate of drug-likeness (QED) is 0.255. The van der Waals surface area contributed by atoms with Crippen LogP contribution in [0.25, 0.3) is 6.08 Å². The molecule has 3 rings (SSSR count). The zero-order valence-electron chi connectivity index (χ0n) is 17.7. The third kappa shape index (κ3) is 5.77. The molecule has 12 nitrogen and oxygen atoms in total. The molecule has 0 aliphatic carbocycles. The van der Waals surface area contributed by atoms with Crippen LogP contribution in [0.15, 0.2) is 24.3 Å². The van der Waals surface area contributed by atoms with Crippen LogP contribution in [0, 0.1) is 28.4 Å². The Bertz CT molecular complexity index is 1340. The van der Waals surface area contributed by atoms with Gasteiger partial charge in [-0.15, -0.1) is 0 Å². The van der Waals surface area contributed by atoms with Crippen LogP contribution in [0.3, 0.4) is 0 Å². The number of non-ortho nitro benzene ring substituents is 1. The van der Waals surface area contributed by atoms with E-state index in [-0.39, 0.29) is 39.6 Å². The van der Waals surface area contributed by atoms with Gasteiger partial charge in [-0.1, -0.05) is 11.6 Å². The maximum atomic E-state index is 12.0. The van der Waals surface area contributed by atoms with Gasteiger partial charge in [-0.2, -0.15) is 10.4 Å². The molecule has 0 bridgehead atoms. The van der Waals surface area contributed by atoms with Crippen molar-refractivity contribution in [3.63, 3.8) is 0 Å². The van der Waals surface area contributed by atoms with Gasteiger partial charge in [-0.25, -0.2) is 17.9 Å². The fraction of sp³-hybridized carbons (Fsp3) is 0.300. The average molecular weight is 508 g/mol. The second kappa shape index (κ2) is 10.0. The van der Waals surface area contributed by atoms with Gasteiger partial charge < -0.3 is 10.1 Å². The highest BCUT2D eigenvalue weighted by molar-refractivity contribution is 7.91. The largest absolute Gasteiger partial charge is 0.452 e. The van der Waals surface area contributed by atoms with Gasteiger partial charge in [0.05, 0.1) is 39.4 Å². The predicted octanol–water partition coefficient (Wildman–Crippen LogP) is 2.18. The van der Waals surface area contributed by atoms with Gasteiger partial charge in [0.1, 0.15) is 11.2 Å². The Morgan fingerprint density at radius 2 is 2.21 bits per heavy atom. The maximum Gasteiger partial charge on any atom is 0.331 e. The minimum atomic E-state index is -3.14. The monoisotopic (exact) mass is 507 g/mol. The van der Waals surface area contributed by atoms with Crippen LogP contribution in [0.2, 0.25) is 5.15 Å². The molecule has 14 heteroatoms. The summed E-state index contributed by atoms with van der Waals surface area (Å²) in [7, 11) is -3.14. The van der Waals surface area contributed by atoms with Crippen LogP contribution < -0.4 is 5.32 Å². The predicted molar refractivity (Wildman–Crippen MR) is 121 cm³/mol. The van der Waals surface area contributed by atoms with E-state index in [1.54, 1.807) is 13.0 Å². The Morgan fingerprint density at radius 3 is 2.82 bits per heavy atom. The number of sulfone groups is 1. The Hall–Kier alpha value is -3.76. The Balaban J connectivity index is 1.59. The van der Waals surface area contributed by atoms with Crippen molar-refractivity contribution in [3.8, 4) is 6.07 Å². The number of esters is 1. The number of carbonyl (C=O) groups is 2. The van der Waals surface area contributed by atoms with Crippen molar-refractivity contribution in [2.75, 3.05) is 23.4 Å². The van der Waals surface area contributed by atoms with E-state index >= 15 is 0 Å². The van der Waals surface area contributed by atoms with Gasteiger partial charge in [0, 0.05) is 23.8 Å². The molecule has 1 saturated heterocycles. The summed E-state index contributed by atoms with van der Waals surface area (Å²) in [6, 6.07) is 4.70. The highest BCUT2D eigenvalue weighted by Gasteiger charge is 2.31. The van der Waals surface area contributed by atoms with Crippen molar-refractivity contribution in [1.29, 1.82) is 5.26 Å². The first-order chi connectivity index (χ1) is 16.0. The highest BCUT2D eigenvalue weighted by Crippen LogP contribution is 2.30. The Labute approximate surface area is 198 Å². The van der Waals surface area contributed by atoms with Crippen molar-refractivity contribution in [3.05, 3.63) is 56.4 Å². The number of aryl methyl sites for hydroxylation is 1. The van der Waals surface area contributed by atoms with Gasteiger partial charge in [0.2, 0.25) is 0 Å². The number of nitrogens with zero attached hydrogens (tertiary/aromatic N) is 4. The Kier molecular flexibility index (Phi) is 7.33. The second-order valence-electron chi connectivity index (χ2n) is 7.38. The SMILES string of the molecule is Cc1nn([C@H]2CCS(=O)(=O)C2)c(Cl)c1/C=C/C(=O)OCC(=O)Nc1ccc([N+](=O)[O-])cc1C#N. The minimum absolute atomic E-state index is 0.0356. The average Bonchev–Trinajstić information content (AvgIpc) is 3.28. The van der Waals surface area contributed by atoms with E-state index in [1.807, 2.05) is 0 Å². The van der Waals surface area contributed by atoms with Crippen molar-refractivity contribution in [2.45, 2.75) is 19.4 Å². The minimum Gasteiger partial charge on any atom is -0.452 e. The lowest BCUT2D eigenvalue weighted by molar-refractivity contribution is -0.384. The van der Waals surface area contributed by atoms with E-state index < -0.39 is 33.2 Å². The van der Waals surface area contributed by atoms with Gasteiger partial charge in [-0.3, -0.25) is 14.9 Å². The number of benzene rings is 1. The summed E-state index contributed by atoms with van der Waals surface area (Å²) in [6.45, 7) is 0.984. The summed E-state index contributed by atoms with van der Waals surface area (Å²) in [5, 5.41) is 26.7. The molecule has 0 saturated carbocycles. The lowest BCUT2D eigenvalue weighted by Gasteiger charge is -2.09. The van der Waals surface area contributed by atoms with Crippen LogP contribution in [-0.2, 0) is 24.2 Å². The van der Waals surface area contributed by atoms with Gasteiger partial charge in [-0.05, 0) is 25.5 Å². The summed E-state index contributed by atoms with van der Waals surface area (Å²) in [5.74, 6) is -1.61. The normalized spacial score (nSPS) is 16.8. The van der Waals surface area contributed by atoms with Crippen molar-refractivity contribution in [2.24, 2.45) is 0 Å². The third-order valence-corrected chi connectivity index (χ3v) is 7.09. The molecule has 1 amide bonds. The van der Waals surface area contributed by atoms with Gasteiger partial charge in [0.15, 0.2) is 16.4 Å². The maximum absolute atomic E-state index is 12.0. The molecule has 1 atom stereocenters. The number of aromatic nitrogens is 2. The zero-order valence-corrected chi connectivity index (χ0v) is 19.3. The molecule has 1 aliphatic heterocycles. The Morgan fingerprint density at radius 1 is 1.47 bits per heavy atom. The smallest absolute Gasteiger partial charge is 0.331 e. The molecule has 1 aromatic heterocycles. The van der Waals surface area contributed by atoms with E-state index in [0.717, 1.165) is 18.2 Å². The summed E-state index contributed by atoms with van der Waals surface area (Å²) in [5.41, 5.74) is 0.507. The van der Waals surface area contributed by atoms with Crippen LogP contribution in [0.4, 0.5) is 11.4 Å². The first-order valence-electron chi connectivity index (χ1n) is 9.79. The van der Waals surface area contributed by atoms with Crippen LogP contribution in [0.1, 0.15) is 29.3 Å². The molecule has 0 radical (unpaired) electrons. The van der Waals surface area contributed by atoms with Crippen molar-refractivity contribution in [1.82, 2.24) is 9.78 Å². The number of nitriles is 1. The molecule has 34 heavy (non-hydrogen) atoms. The number of halogens is 1. The molecule has 0 spiro atoms. The number of hydrogen-bond donors (Lipinski definition) is 1. The lowest BCUT2D eigenvalue weighted by atomic mass is 10.1. The summed E-state index contributed by atoms with van der Waals surface area (Å²) in [6.07, 6.45) is 2.80. The first-order valence-corrected chi connectivity index (χ1v) is 12.0. The van der Waals surface area contributed by atoms with Gasteiger partial charge >= 0.3 is 5.97 Å². The fourth-order valence-corrected chi connectivity index (χ4v) is 5.37. The van der Waals surface area contributed by atoms with E-state index in [1.165, 1.54) is 16.8 Å². The number of anilines is 1. The second-order valence-corrected chi connectivity index (χ2v) is 9.97. The van der Waals surface area contributed by atoms with Crippen molar-refractivity contribution >= 4 is 50.8 Å². The number of carbonyl (C=O) groups excluding carboxylic acids is 2. The summed E-state index contributed by atoms with van der Waals surface area (Å²) < 4.78 is 29.7. The summed E-state index contributed by atoms with van der Waals surface area (Å²) >= 11 is 6.33. The first kappa shape index (κ1) is 24.9. The molecular weight excluding hydrogens is 490 g/mol. The molecule has 0 unspecified atom stereocenters. The zero-order chi connectivity index (χ0) is 25.0. The molecule has 178 valence electrons. The van der Waals surface area contributed by atoms with Crippen LogP contribution in [-0.4, -0.2) is 53.1 Å². The number of ether oxygens (including phenoxy) is 1. The molecule has 2 heterocycles. The van der Waals surface area contributed by atoms with Crippen LogP contribution in [0.5, 0.6) is 0 Å². The molecule has 1 aromatic carbocycles. The molecular formula is C20H18ClN5O7S. The number of nitro groups is 1. The van der Waals surface area contributed by atoms with Crippen LogP contribution >= 0.6 is 11.6 Å². The van der Waals surface area contributed by atoms with Gasteiger partial charge in [0.25, 0.3) is 11.6 Å². The van der Waals surface area contributed by atoms with E-state index in [4.69, 9.17) is 21.6 Å². The topological polar surface area (TPSA) is 174 Å². The van der Waals surface area contributed by atoms with Crippen molar-refractivity contribution < 1.29 is 27.7 Å².